The first kappa shape index (κ1) is 22.4. The fraction of sp³-hybridized carbons (Fsp3) is 0.647. The molecule has 108 valence electrons. The third-order valence-corrected chi connectivity index (χ3v) is 3.23. The van der Waals surface area contributed by atoms with Crippen LogP contribution in [0.5, 0.6) is 0 Å². The zero-order valence-electron chi connectivity index (χ0n) is 13.9. The van der Waals surface area contributed by atoms with E-state index in [0.717, 1.165) is 10.9 Å². The van der Waals surface area contributed by atoms with Crippen LogP contribution >= 0.6 is 0 Å². The van der Waals surface area contributed by atoms with Crippen molar-refractivity contribution in [1.82, 2.24) is 0 Å². The molecule has 0 unspecified atom stereocenters. The molecule has 1 heteroatoms. The van der Waals surface area contributed by atoms with Crippen molar-refractivity contribution in [1.29, 1.82) is 0 Å². The quantitative estimate of drug-likeness (QED) is 0.430. The molecule has 0 aromatic rings. The Morgan fingerprint density at radius 1 is 0.889 bits per heavy atom. The van der Waals surface area contributed by atoms with Crippen molar-refractivity contribution in [2.45, 2.75) is 54.9 Å². The number of hydrogen-bond acceptors (Lipinski definition) is 0. The summed E-state index contributed by atoms with van der Waals surface area (Å²) in [6.45, 7) is 25.7. The molecule has 0 saturated carbocycles. The Kier molecular flexibility index (Phi) is 20.1. The van der Waals surface area contributed by atoms with Crippen molar-refractivity contribution in [3.63, 3.8) is 0 Å². The summed E-state index contributed by atoms with van der Waals surface area (Å²) in [6, 6.07) is 0. The van der Waals surface area contributed by atoms with Crippen molar-refractivity contribution < 1.29 is 4.48 Å². The van der Waals surface area contributed by atoms with Crippen LogP contribution in [-0.2, 0) is 0 Å². The maximum absolute atomic E-state index is 3.36. The van der Waals surface area contributed by atoms with Crippen LogP contribution in [0, 0.1) is 0 Å². The van der Waals surface area contributed by atoms with Gasteiger partial charge in [0.15, 0.2) is 0 Å². The minimum absolute atomic E-state index is 1.16. The Morgan fingerprint density at radius 2 is 1.22 bits per heavy atom. The van der Waals surface area contributed by atoms with Crippen LogP contribution in [0.3, 0.4) is 0 Å². The van der Waals surface area contributed by atoms with Crippen molar-refractivity contribution in [2.24, 2.45) is 0 Å². The van der Waals surface area contributed by atoms with Crippen molar-refractivity contribution in [3.05, 3.63) is 37.1 Å². The Balaban J connectivity index is -0.000000317. The number of quaternary nitrogens is 1. The largest absolute Gasteiger partial charge is 0.296 e. The fourth-order valence-electron chi connectivity index (χ4n) is 1.91. The van der Waals surface area contributed by atoms with Gasteiger partial charge in [0.1, 0.15) is 5.70 Å². The molecule has 0 aromatic heterocycles. The van der Waals surface area contributed by atoms with Crippen LogP contribution in [0.1, 0.15) is 54.9 Å². The lowest BCUT2D eigenvalue weighted by Gasteiger charge is -2.36. The van der Waals surface area contributed by atoms with Gasteiger partial charge in [0.25, 0.3) is 0 Å². The number of rotatable bonds is 6. The van der Waals surface area contributed by atoms with E-state index in [4.69, 9.17) is 0 Å². The Labute approximate surface area is 116 Å². The van der Waals surface area contributed by atoms with Crippen molar-refractivity contribution in [3.8, 4) is 0 Å². The standard InChI is InChI=1S/C11H24N.C4H6.C2H6/c1-6-10-11(5)12(7-2,8-3)9-4;1-3-4-2;1-2/h10H,6-9H2,1-5H3;3-4H,1-2H2;1-2H3/q+1;;/b11-10+;;. The average molecular weight is 254 g/mol. The molecule has 0 atom stereocenters. The highest BCUT2D eigenvalue weighted by Crippen LogP contribution is 2.16. The lowest BCUT2D eigenvalue weighted by molar-refractivity contribution is -0.887. The van der Waals surface area contributed by atoms with Crippen LogP contribution in [0.4, 0.5) is 0 Å². The van der Waals surface area contributed by atoms with Gasteiger partial charge in [0.05, 0.1) is 19.6 Å². The maximum atomic E-state index is 3.36. The first-order valence-electron chi connectivity index (χ1n) is 7.35. The van der Waals surface area contributed by atoms with Gasteiger partial charge < -0.3 is 0 Å². The van der Waals surface area contributed by atoms with Gasteiger partial charge in [-0.2, -0.15) is 0 Å². The molecule has 0 radical (unpaired) electrons. The zero-order valence-corrected chi connectivity index (χ0v) is 13.9. The van der Waals surface area contributed by atoms with E-state index in [9.17, 15) is 0 Å². The molecule has 0 heterocycles. The molecule has 0 aromatic carbocycles. The highest BCUT2D eigenvalue weighted by atomic mass is 15.3. The van der Waals surface area contributed by atoms with Gasteiger partial charge >= 0.3 is 0 Å². The second-order valence-corrected chi connectivity index (χ2v) is 3.82. The van der Waals surface area contributed by atoms with Crippen molar-refractivity contribution >= 4 is 0 Å². The van der Waals surface area contributed by atoms with Gasteiger partial charge in [-0.3, -0.25) is 4.48 Å². The molecule has 0 bridgehead atoms. The highest BCUT2D eigenvalue weighted by molar-refractivity contribution is 4.88. The number of nitrogens with zero attached hydrogens (tertiary/aromatic N) is 1. The van der Waals surface area contributed by atoms with Crippen LogP contribution in [0.25, 0.3) is 0 Å². The summed E-state index contributed by atoms with van der Waals surface area (Å²) in [5.74, 6) is 0. The van der Waals surface area contributed by atoms with Crippen molar-refractivity contribution in [2.75, 3.05) is 19.6 Å². The molecule has 0 amide bonds. The van der Waals surface area contributed by atoms with E-state index in [-0.39, 0.29) is 0 Å². The molecule has 0 aliphatic carbocycles. The molecule has 0 spiro atoms. The topological polar surface area (TPSA) is 0 Å². The van der Waals surface area contributed by atoms with Crippen LogP contribution in [0.2, 0.25) is 0 Å². The summed E-state index contributed by atoms with van der Waals surface area (Å²) in [5.41, 5.74) is 1.53. The fourth-order valence-corrected chi connectivity index (χ4v) is 1.91. The molecule has 0 aliphatic heterocycles. The Morgan fingerprint density at radius 3 is 1.39 bits per heavy atom. The maximum Gasteiger partial charge on any atom is 0.102 e. The lowest BCUT2D eigenvalue weighted by Crippen LogP contribution is -2.45. The van der Waals surface area contributed by atoms with E-state index in [0.29, 0.717) is 0 Å². The highest BCUT2D eigenvalue weighted by Gasteiger charge is 2.22. The smallest absolute Gasteiger partial charge is 0.102 e. The molecule has 0 fully saturated rings. The molecule has 0 N–H and O–H groups in total. The minimum atomic E-state index is 1.16. The van der Waals surface area contributed by atoms with E-state index in [1.165, 1.54) is 25.3 Å². The van der Waals surface area contributed by atoms with Gasteiger partial charge in [-0.15, -0.1) is 0 Å². The van der Waals surface area contributed by atoms with Crippen LogP contribution in [-0.4, -0.2) is 24.1 Å². The molecule has 18 heavy (non-hydrogen) atoms. The van der Waals surface area contributed by atoms with Crippen LogP contribution < -0.4 is 0 Å². The zero-order chi connectivity index (χ0) is 15.0. The van der Waals surface area contributed by atoms with E-state index >= 15 is 0 Å². The second kappa shape index (κ2) is 16.2. The summed E-state index contributed by atoms with van der Waals surface area (Å²) in [6.07, 6.45) is 6.79. The third-order valence-electron chi connectivity index (χ3n) is 3.23. The summed E-state index contributed by atoms with van der Waals surface area (Å²) in [7, 11) is 0. The number of allylic oxidation sites excluding steroid dienone is 4. The minimum Gasteiger partial charge on any atom is -0.296 e. The van der Waals surface area contributed by atoms with Gasteiger partial charge in [0, 0.05) is 6.92 Å². The van der Waals surface area contributed by atoms with Gasteiger partial charge in [0.2, 0.25) is 0 Å². The molecule has 1 nitrogen and oxygen atoms in total. The summed E-state index contributed by atoms with van der Waals surface area (Å²) in [5, 5.41) is 0. The van der Waals surface area contributed by atoms with E-state index in [1.54, 1.807) is 12.2 Å². The van der Waals surface area contributed by atoms with Gasteiger partial charge in [-0.25, -0.2) is 0 Å². The predicted octanol–water partition coefficient (Wildman–Crippen LogP) is 5.56. The molecule has 0 rings (SSSR count). The van der Waals surface area contributed by atoms with Crippen LogP contribution in [0.15, 0.2) is 37.1 Å². The molecule has 0 aliphatic rings. The van der Waals surface area contributed by atoms with E-state index in [1.807, 2.05) is 13.8 Å². The van der Waals surface area contributed by atoms with E-state index in [2.05, 4.69) is 53.9 Å². The summed E-state index contributed by atoms with van der Waals surface area (Å²) >= 11 is 0. The Hall–Kier alpha value is -0.820. The predicted molar refractivity (Wildman–Crippen MR) is 87.7 cm³/mol. The summed E-state index contributed by atoms with van der Waals surface area (Å²) < 4.78 is 1.16. The lowest BCUT2D eigenvalue weighted by atomic mass is 10.2. The molecular weight excluding hydrogens is 218 g/mol. The molecular formula is C17H36N+. The first-order chi connectivity index (χ1) is 8.58. The van der Waals surface area contributed by atoms with Gasteiger partial charge in [-0.05, 0) is 33.3 Å². The van der Waals surface area contributed by atoms with E-state index < -0.39 is 0 Å². The second-order valence-electron chi connectivity index (χ2n) is 3.82. The SMILES string of the molecule is C=CC=C.CC.CC/C=C(\C)[N+](CC)(CC)CC. The third kappa shape index (κ3) is 9.23. The monoisotopic (exact) mass is 254 g/mol. The normalized spacial score (nSPS) is 10.5. The Bertz CT molecular complexity index is 195. The average Bonchev–Trinajstić information content (AvgIpc) is 2.44. The number of hydrogen-bond donors (Lipinski definition) is 0. The molecule has 0 saturated heterocycles. The summed E-state index contributed by atoms with van der Waals surface area (Å²) in [4.78, 5) is 0. The first-order valence-corrected chi connectivity index (χ1v) is 7.35. The van der Waals surface area contributed by atoms with Gasteiger partial charge in [-0.1, -0.05) is 46.1 Å².